The van der Waals surface area contributed by atoms with Gasteiger partial charge in [0.2, 0.25) is 0 Å². The van der Waals surface area contributed by atoms with Crippen LogP contribution in [0.1, 0.15) is 29.9 Å². The van der Waals surface area contributed by atoms with E-state index in [0.29, 0.717) is 5.56 Å². The van der Waals surface area contributed by atoms with Gasteiger partial charge in [0.25, 0.3) is 5.91 Å². The molecule has 0 spiro atoms. The number of aromatic nitrogens is 3. The fraction of sp³-hybridized carbons (Fsp3) is 0.211. The SMILES string of the molecule is CC.Cn1nc(C(F)(F)F)cc1-c1ccc(NC(=O)c2ccccc2F)nc1. The van der Waals surface area contributed by atoms with E-state index in [2.05, 4.69) is 15.4 Å². The Morgan fingerprint density at radius 3 is 2.32 bits per heavy atom. The number of carbonyl (C=O) groups excluding carboxylic acids is 1. The minimum absolute atomic E-state index is 0.139. The van der Waals surface area contributed by atoms with Gasteiger partial charge in [-0.2, -0.15) is 18.3 Å². The van der Waals surface area contributed by atoms with Crippen LogP contribution in [0.5, 0.6) is 0 Å². The summed E-state index contributed by atoms with van der Waals surface area (Å²) in [4.78, 5) is 16.0. The number of amides is 1. The molecular formula is C19H18F4N4O. The summed E-state index contributed by atoms with van der Waals surface area (Å²) in [5.74, 6) is -1.21. The first-order valence-corrected chi connectivity index (χ1v) is 8.39. The summed E-state index contributed by atoms with van der Waals surface area (Å²) in [5.41, 5.74) is -0.539. The van der Waals surface area contributed by atoms with Gasteiger partial charge < -0.3 is 5.32 Å². The molecule has 0 aliphatic carbocycles. The quantitative estimate of drug-likeness (QED) is 0.642. The lowest BCUT2D eigenvalue weighted by molar-refractivity contribution is -0.141. The lowest BCUT2D eigenvalue weighted by atomic mass is 10.2. The van der Waals surface area contributed by atoms with Crippen molar-refractivity contribution in [2.45, 2.75) is 20.0 Å². The van der Waals surface area contributed by atoms with E-state index in [1.54, 1.807) is 0 Å². The third kappa shape index (κ3) is 4.73. The Morgan fingerprint density at radius 2 is 1.79 bits per heavy atom. The predicted octanol–water partition coefficient (Wildman–Crippen LogP) is 4.92. The predicted molar refractivity (Wildman–Crippen MR) is 97.1 cm³/mol. The van der Waals surface area contributed by atoms with Gasteiger partial charge in [-0.25, -0.2) is 9.37 Å². The maximum absolute atomic E-state index is 13.6. The number of hydrogen-bond acceptors (Lipinski definition) is 3. The molecule has 0 atom stereocenters. The van der Waals surface area contributed by atoms with Crippen LogP contribution in [0, 0.1) is 5.82 Å². The summed E-state index contributed by atoms with van der Waals surface area (Å²) < 4.78 is 52.9. The fourth-order valence-electron chi connectivity index (χ4n) is 2.32. The summed E-state index contributed by atoms with van der Waals surface area (Å²) in [6, 6.07) is 9.28. The summed E-state index contributed by atoms with van der Waals surface area (Å²) in [7, 11) is 1.39. The summed E-state index contributed by atoms with van der Waals surface area (Å²) in [5, 5.41) is 5.86. The lowest BCUT2D eigenvalue weighted by Crippen LogP contribution is -2.14. The van der Waals surface area contributed by atoms with E-state index in [1.807, 2.05) is 13.8 Å². The van der Waals surface area contributed by atoms with Crippen LogP contribution in [0.25, 0.3) is 11.3 Å². The monoisotopic (exact) mass is 394 g/mol. The third-order valence-electron chi connectivity index (χ3n) is 3.59. The zero-order chi connectivity index (χ0) is 20.9. The van der Waals surface area contributed by atoms with Crippen molar-refractivity contribution in [3.63, 3.8) is 0 Å². The first-order chi connectivity index (χ1) is 13.3. The Morgan fingerprint density at radius 1 is 1.11 bits per heavy atom. The van der Waals surface area contributed by atoms with Gasteiger partial charge in [-0.3, -0.25) is 9.48 Å². The van der Waals surface area contributed by atoms with Crippen molar-refractivity contribution >= 4 is 11.7 Å². The zero-order valence-corrected chi connectivity index (χ0v) is 15.4. The second kappa shape index (κ2) is 8.64. The van der Waals surface area contributed by atoms with Crippen molar-refractivity contribution in [2.24, 2.45) is 7.05 Å². The van der Waals surface area contributed by atoms with Crippen molar-refractivity contribution in [3.05, 3.63) is 65.7 Å². The highest BCUT2D eigenvalue weighted by Gasteiger charge is 2.34. The van der Waals surface area contributed by atoms with E-state index in [4.69, 9.17) is 0 Å². The maximum Gasteiger partial charge on any atom is 0.435 e. The van der Waals surface area contributed by atoms with Gasteiger partial charge in [0.15, 0.2) is 5.69 Å². The van der Waals surface area contributed by atoms with Crippen LogP contribution >= 0.6 is 0 Å². The molecular weight excluding hydrogens is 376 g/mol. The van der Waals surface area contributed by atoms with Crippen LogP contribution in [0.2, 0.25) is 0 Å². The molecule has 5 nitrogen and oxygen atoms in total. The van der Waals surface area contributed by atoms with Crippen LogP contribution in [0.3, 0.4) is 0 Å². The minimum atomic E-state index is -4.54. The molecule has 0 aliphatic rings. The van der Waals surface area contributed by atoms with Gasteiger partial charge in [-0.1, -0.05) is 26.0 Å². The summed E-state index contributed by atoms with van der Waals surface area (Å²) >= 11 is 0. The number of benzene rings is 1. The molecule has 0 unspecified atom stereocenters. The average molecular weight is 394 g/mol. The number of anilines is 1. The highest BCUT2D eigenvalue weighted by atomic mass is 19.4. The molecule has 1 amide bonds. The Balaban J connectivity index is 0.00000136. The molecule has 0 aliphatic heterocycles. The zero-order valence-electron chi connectivity index (χ0n) is 15.4. The molecule has 3 aromatic rings. The van der Waals surface area contributed by atoms with Gasteiger partial charge in [0.1, 0.15) is 11.6 Å². The Labute approximate surface area is 159 Å². The maximum atomic E-state index is 13.6. The minimum Gasteiger partial charge on any atom is -0.306 e. The molecule has 28 heavy (non-hydrogen) atoms. The van der Waals surface area contributed by atoms with Crippen LogP contribution in [-0.2, 0) is 13.2 Å². The van der Waals surface area contributed by atoms with Gasteiger partial charge in [-0.05, 0) is 30.3 Å². The van der Waals surface area contributed by atoms with Crippen molar-refractivity contribution in [2.75, 3.05) is 5.32 Å². The van der Waals surface area contributed by atoms with E-state index in [-0.39, 0.29) is 17.1 Å². The molecule has 0 saturated heterocycles. The number of halogens is 4. The highest BCUT2D eigenvalue weighted by Crippen LogP contribution is 2.31. The van der Waals surface area contributed by atoms with E-state index in [1.165, 1.54) is 43.6 Å². The van der Waals surface area contributed by atoms with Crippen LogP contribution in [-0.4, -0.2) is 20.7 Å². The van der Waals surface area contributed by atoms with E-state index >= 15 is 0 Å². The molecule has 0 radical (unpaired) electrons. The normalized spacial score (nSPS) is 10.8. The smallest absolute Gasteiger partial charge is 0.306 e. The largest absolute Gasteiger partial charge is 0.435 e. The molecule has 148 valence electrons. The number of rotatable bonds is 3. The molecule has 2 heterocycles. The van der Waals surface area contributed by atoms with E-state index in [0.717, 1.165) is 16.8 Å². The van der Waals surface area contributed by atoms with Gasteiger partial charge >= 0.3 is 6.18 Å². The Hall–Kier alpha value is -3.23. The number of aryl methyl sites for hydroxylation is 1. The number of carbonyl (C=O) groups is 1. The van der Waals surface area contributed by atoms with Crippen molar-refractivity contribution < 1.29 is 22.4 Å². The van der Waals surface area contributed by atoms with Crippen molar-refractivity contribution in [1.29, 1.82) is 0 Å². The van der Waals surface area contributed by atoms with Crippen LogP contribution in [0.15, 0.2) is 48.7 Å². The number of hydrogen-bond donors (Lipinski definition) is 1. The molecule has 0 fully saturated rings. The van der Waals surface area contributed by atoms with Crippen molar-refractivity contribution in [3.8, 4) is 11.3 Å². The number of alkyl halides is 3. The molecule has 0 bridgehead atoms. The average Bonchev–Trinajstić information content (AvgIpc) is 3.06. The highest BCUT2D eigenvalue weighted by molar-refractivity contribution is 6.03. The lowest BCUT2D eigenvalue weighted by Gasteiger charge is -2.06. The molecule has 9 heteroatoms. The molecule has 1 aromatic carbocycles. The first-order valence-electron chi connectivity index (χ1n) is 8.39. The number of pyridine rings is 1. The second-order valence-electron chi connectivity index (χ2n) is 5.40. The van der Waals surface area contributed by atoms with Gasteiger partial charge in [-0.15, -0.1) is 0 Å². The van der Waals surface area contributed by atoms with Crippen LogP contribution < -0.4 is 5.32 Å². The van der Waals surface area contributed by atoms with E-state index < -0.39 is 23.6 Å². The Kier molecular flexibility index (Phi) is 6.50. The number of nitrogens with one attached hydrogen (secondary N) is 1. The molecule has 3 rings (SSSR count). The summed E-state index contributed by atoms with van der Waals surface area (Å²) in [6.07, 6.45) is -3.24. The molecule has 1 N–H and O–H groups in total. The standard InChI is InChI=1S/C17H12F4N4O.C2H6/c1-25-13(8-14(24-25)17(19,20)21)10-6-7-15(22-9-10)23-16(26)11-4-2-3-5-12(11)18;1-2/h2-9H,1H3,(H,22,23,26);1-2H3. The topological polar surface area (TPSA) is 59.8 Å². The van der Waals surface area contributed by atoms with Crippen molar-refractivity contribution in [1.82, 2.24) is 14.8 Å². The third-order valence-corrected chi connectivity index (χ3v) is 3.59. The van der Waals surface area contributed by atoms with Gasteiger partial charge in [0, 0.05) is 18.8 Å². The fourth-order valence-corrected chi connectivity index (χ4v) is 2.32. The van der Waals surface area contributed by atoms with Crippen LogP contribution in [0.4, 0.5) is 23.4 Å². The number of nitrogens with zero attached hydrogens (tertiary/aromatic N) is 3. The van der Waals surface area contributed by atoms with E-state index in [9.17, 15) is 22.4 Å². The Bertz CT molecular complexity index is 949. The summed E-state index contributed by atoms with van der Waals surface area (Å²) in [6.45, 7) is 4.00. The molecule has 0 saturated carbocycles. The first kappa shape index (κ1) is 21.1. The van der Waals surface area contributed by atoms with Gasteiger partial charge in [0.05, 0.1) is 11.3 Å². The second-order valence-corrected chi connectivity index (χ2v) is 5.40. The molecule has 2 aromatic heterocycles.